The number of carbonyl (C=O) groups is 10. The van der Waals surface area contributed by atoms with Gasteiger partial charge >= 0.3 is 59.8 Å². The Morgan fingerprint density at radius 1 is 0.449 bits per heavy atom. The monoisotopic (exact) mass is 985 g/mol. The zero-order chi connectivity index (χ0) is 51.1. The Kier molecular flexibility index (Phi) is 20.6. The lowest BCUT2D eigenvalue weighted by Gasteiger charge is -2.49. The molecule has 0 saturated carbocycles. The minimum absolute atomic E-state index is 0.200. The first-order chi connectivity index (χ1) is 32.5. The zero-order valence-corrected chi connectivity index (χ0v) is 39.1. The van der Waals surface area contributed by atoms with Gasteiger partial charge in [-0.3, -0.25) is 48.0 Å². The molecule has 1 aromatic carbocycles. The molecule has 3 heterocycles. The quantitative estimate of drug-likeness (QED) is 0.142. The summed E-state index contributed by atoms with van der Waals surface area (Å²) in [6.45, 7) is 6.26. The average molecular weight is 986 g/mol. The summed E-state index contributed by atoms with van der Waals surface area (Å²) in [4.78, 5) is 132. The normalized spacial score (nSPS) is 28.6. The van der Waals surface area contributed by atoms with Gasteiger partial charge < -0.3 is 66.3 Å². The molecular formula is C43H55NO25. The second-order valence-corrected chi connectivity index (χ2v) is 15.5. The second-order valence-electron chi connectivity index (χ2n) is 15.5. The Morgan fingerprint density at radius 2 is 0.841 bits per heavy atom. The van der Waals surface area contributed by atoms with Gasteiger partial charge in [0.1, 0.15) is 56.9 Å². The summed E-state index contributed by atoms with van der Waals surface area (Å²) in [6, 6.07) is 8.59. The molecule has 3 fully saturated rings. The number of esters is 9. The van der Waals surface area contributed by atoms with Gasteiger partial charge in [0.05, 0.1) is 6.54 Å². The number of rotatable bonds is 18. The molecule has 0 unspecified atom stereocenters. The van der Waals surface area contributed by atoms with Crippen molar-refractivity contribution in [2.75, 3.05) is 26.4 Å². The molecule has 4 rings (SSSR count). The first-order valence-corrected chi connectivity index (χ1v) is 21.2. The third kappa shape index (κ3) is 16.9. The molecule has 0 spiro atoms. The minimum Gasteiger partial charge on any atom is -0.463 e. The van der Waals surface area contributed by atoms with Crippen LogP contribution in [0.5, 0.6) is 0 Å². The van der Waals surface area contributed by atoms with Crippen LogP contribution in [0.4, 0.5) is 4.79 Å². The molecule has 3 aliphatic heterocycles. The van der Waals surface area contributed by atoms with E-state index >= 15 is 0 Å². The van der Waals surface area contributed by atoms with Gasteiger partial charge in [0.2, 0.25) is 0 Å². The Balaban J connectivity index is 1.82. The van der Waals surface area contributed by atoms with Crippen molar-refractivity contribution in [1.29, 1.82) is 0 Å². The fourth-order valence-corrected chi connectivity index (χ4v) is 7.24. The highest BCUT2D eigenvalue weighted by Gasteiger charge is 2.59. The van der Waals surface area contributed by atoms with E-state index in [9.17, 15) is 47.9 Å². The highest BCUT2D eigenvalue weighted by atomic mass is 16.8. The summed E-state index contributed by atoms with van der Waals surface area (Å²) in [5.74, 6) is -8.34. The Labute approximate surface area is 394 Å². The van der Waals surface area contributed by atoms with E-state index in [1.807, 2.05) is 0 Å². The molecule has 382 valence electrons. The van der Waals surface area contributed by atoms with Crippen LogP contribution in [0.15, 0.2) is 30.3 Å². The van der Waals surface area contributed by atoms with Crippen LogP contribution in [0.1, 0.15) is 67.9 Å². The summed E-state index contributed by atoms with van der Waals surface area (Å²) < 4.78 is 79.7. The molecule has 1 aromatic rings. The molecule has 0 aliphatic carbocycles. The number of ether oxygens (including phenoxy) is 14. The highest BCUT2D eigenvalue weighted by molar-refractivity contribution is 5.70. The maximum absolute atomic E-state index is 13.4. The highest BCUT2D eigenvalue weighted by Crippen LogP contribution is 2.37. The van der Waals surface area contributed by atoms with Gasteiger partial charge in [-0.1, -0.05) is 30.3 Å². The molecule has 0 N–H and O–H groups in total. The number of carbonyl (C=O) groups excluding carboxylic acids is 10. The number of hydrogen-bond acceptors (Lipinski definition) is 25. The standard InChI is InChI=1S/C43H55NO25/c1-20(45)55-17-31-35(60-24(5)49)37(61-25(6)50)39(63-27(8)52)42(65-31)68-36-32(18-56-21(2)46)66-41(40(64-28(9)53)38(36)62-26(7)51)67-34-30(59-23(4)48)15-44(69-33(34)19-57-22(3)47)43(54)58-16-29-13-11-10-12-14-29/h10-14,30-42H,15-19H2,1-9H3/t30-,31-,32-,33-,34+,35-,36-,37+,38+,39-,40-,41+,42+/m1/s1. The summed E-state index contributed by atoms with van der Waals surface area (Å²) in [7, 11) is 0. The van der Waals surface area contributed by atoms with Crippen molar-refractivity contribution < 1.29 is 119 Å². The summed E-state index contributed by atoms with van der Waals surface area (Å²) in [5.41, 5.74) is 0.616. The van der Waals surface area contributed by atoms with E-state index in [4.69, 9.17) is 71.2 Å². The molecule has 3 aliphatic rings. The van der Waals surface area contributed by atoms with Gasteiger partial charge in [-0.2, -0.15) is 5.06 Å². The van der Waals surface area contributed by atoms with E-state index in [-0.39, 0.29) is 6.61 Å². The Bertz CT molecular complexity index is 2010. The summed E-state index contributed by atoms with van der Waals surface area (Å²) >= 11 is 0. The largest absolute Gasteiger partial charge is 0.463 e. The van der Waals surface area contributed by atoms with E-state index in [1.54, 1.807) is 30.3 Å². The van der Waals surface area contributed by atoms with E-state index in [0.29, 0.717) is 10.6 Å². The Hall–Kier alpha value is -6.48. The van der Waals surface area contributed by atoms with Crippen molar-refractivity contribution in [3.8, 4) is 0 Å². The van der Waals surface area contributed by atoms with Crippen LogP contribution in [0.3, 0.4) is 0 Å². The van der Waals surface area contributed by atoms with Crippen molar-refractivity contribution >= 4 is 59.8 Å². The number of hydroxylamine groups is 2. The average Bonchev–Trinajstić information content (AvgIpc) is 3.24. The van der Waals surface area contributed by atoms with Crippen LogP contribution in [-0.2, 0) is 121 Å². The third-order valence-corrected chi connectivity index (χ3v) is 9.70. The van der Waals surface area contributed by atoms with E-state index in [2.05, 4.69) is 0 Å². The van der Waals surface area contributed by atoms with Crippen LogP contribution < -0.4 is 0 Å². The van der Waals surface area contributed by atoms with Crippen LogP contribution >= 0.6 is 0 Å². The zero-order valence-electron chi connectivity index (χ0n) is 39.1. The predicted molar refractivity (Wildman–Crippen MR) is 218 cm³/mol. The molecule has 0 bridgehead atoms. The van der Waals surface area contributed by atoms with Crippen LogP contribution in [0.2, 0.25) is 0 Å². The second kappa shape index (κ2) is 25.8. The van der Waals surface area contributed by atoms with Crippen molar-refractivity contribution in [2.45, 2.75) is 149 Å². The van der Waals surface area contributed by atoms with Crippen LogP contribution in [0.25, 0.3) is 0 Å². The number of benzene rings is 1. The summed E-state index contributed by atoms with van der Waals surface area (Å²) in [5, 5.41) is 0.707. The van der Waals surface area contributed by atoms with E-state index in [1.165, 1.54) is 0 Å². The maximum Gasteiger partial charge on any atom is 0.434 e. The molecule has 1 amide bonds. The molecular weight excluding hydrogens is 930 g/mol. The molecule has 26 nitrogen and oxygen atoms in total. The van der Waals surface area contributed by atoms with Gasteiger partial charge in [-0.15, -0.1) is 0 Å². The lowest BCUT2D eigenvalue weighted by molar-refractivity contribution is -0.376. The lowest BCUT2D eigenvalue weighted by atomic mass is 9.95. The fourth-order valence-electron chi connectivity index (χ4n) is 7.24. The van der Waals surface area contributed by atoms with Gasteiger partial charge in [-0.05, 0) is 5.56 Å². The molecule has 69 heavy (non-hydrogen) atoms. The molecule has 3 saturated heterocycles. The van der Waals surface area contributed by atoms with E-state index < -0.39 is 166 Å². The topological polar surface area (TPSA) is 312 Å². The molecule has 0 radical (unpaired) electrons. The number of nitrogens with zero attached hydrogens (tertiary/aromatic N) is 1. The van der Waals surface area contributed by atoms with Crippen LogP contribution in [-0.4, -0.2) is 171 Å². The number of hydrogen-bond donors (Lipinski definition) is 0. The first kappa shape index (κ1) is 55.1. The van der Waals surface area contributed by atoms with Gasteiger partial charge in [0, 0.05) is 62.3 Å². The van der Waals surface area contributed by atoms with Crippen LogP contribution in [0, 0.1) is 0 Å². The smallest absolute Gasteiger partial charge is 0.434 e. The first-order valence-electron chi connectivity index (χ1n) is 21.2. The number of amides is 1. The molecule has 0 aromatic heterocycles. The minimum atomic E-state index is -1.96. The van der Waals surface area contributed by atoms with Gasteiger partial charge in [-0.25, -0.2) is 4.79 Å². The lowest BCUT2D eigenvalue weighted by Crippen LogP contribution is -2.68. The van der Waals surface area contributed by atoms with Gasteiger partial charge in [0.15, 0.2) is 49.2 Å². The molecule has 13 atom stereocenters. The van der Waals surface area contributed by atoms with Crippen molar-refractivity contribution in [1.82, 2.24) is 5.06 Å². The van der Waals surface area contributed by atoms with Gasteiger partial charge in [0.25, 0.3) is 0 Å². The Morgan fingerprint density at radius 3 is 1.29 bits per heavy atom. The van der Waals surface area contributed by atoms with E-state index in [0.717, 1.165) is 62.3 Å². The van der Waals surface area contributed by atoms with Crippen molar-refractivity contribution in [3.05, 3.63) is 35.9 Å². The third-order valence-electron chi connectivity index (χ3n) is 9.70. The molecule has 26 heteroatoms. The van der Waals surface area contributed by atoms with Crippen molar-refractivity contribution in [3.63, 3.8) is 0 Å². The van der Waals surface area contributed by atoms with Crippen molar-refractivity contribution in [2.24, 2.45) is 0 Å². The maximum atomic E-state index is 13.4. The predicted octanol–water partition coefficient (Wildman–Crippen LogP) is 0.439. The fraction of sp³-hybridized carbons (Fsp3) is 0.628. The summed E-state index contributed by atoms with van der Waals surface area (Å²) in [6.07, 6.45) is -23.6. The SMILES string of the molecule is CC(=O)OC[C@H]1ON(C(=O)OCc2ccccc2)C[C@@H](OC(C)=O)[C@@H]1O[C@@H]1O[C@H](COC(C)=O)[C@@H](O[C@@H]2O[C@H](COC(C)=O)[C@@H](OC(C)=O)[C@H](OC(C)=O)[C@H]2OC(C)=O)[C@H](OC(C)=O)[C@H]1OC(C)=O.